The number of anilines is 1. The maximum absolute atomic E-state index is 11.9. The average molecular weight is 278 g/mol. The summed E-state index contributed by atoms with van der Waals surface area (Å²) in [5.74, 6) is 0.200. The number of likely N-dealkylation sites (tertiary alicyclic amines) is 1. The highest BCUT2D eigenvalue weighted by Crippen LogP contribution is 2.13. The Hall–Kier alpha value is -1.69. The number of amides is 1. The van der Waals surface area contributed by atoms with E-state index in [4.69, 9.17) is 18.0 Å². The van der Waals surface area contributed by atoms with Gasteiger partial charge in [0.05, 0.1) is 5.69 Å². The van der Waals surface area contributed by atoms with Crippen molar-refractivity contribution in [1.29, 1.82) is 0 Å². The normalized spacial score (nSPS) is 14.4. The summed E-state index contributed by atoms with van der Waals surface area (Å²) in [5.41, 5.74) is 6.96. The molecule has 0 unspecified atom stereocenters. The highest BCUT2D eigenvalue weighted by molar-refractivity contribution is 7.80. The zero-order chi connectivity index (χ0) is 13.7. The lowest BCUT2D eigenvalue weighted by Gasteiger charge is -2.16. The van der Waals surface area contributed by atoms with E-state index in [0.717, 1.165) is 31.6 Å². The molecule has 1 saturated heterocycles. The summed E-state index contributed by atoms with van der Waals surface area (Å²) in [6.07, 6.45) is 4.36. The standard InChI is InChI=1S/C13H18N4OS/c14-13(19)12-10(4-3-6-16-12)15-7-5-11(18)17-8-1-2-9-17/h3-4,6,15H,1-2,5,7-9H2,(H2,14,19). The minimum Gasteiger partial charge on any atom is -0.388 e. The van der Waals surface area contributed by atoms with Crippen molar-refractivity contribution in [2.24, 2.45) is 5.73 Å². The van der Waals surface area contributed by atoms with Gasteiger partial charge in [-0.3, -0.25) is 9.78 Å². The Balaban J connectivity index is 1.85. The molecule has 2 heterocycles. The molecule has 0 bridgehead atoms. The Labute approximate surface area is 118 Å². The molecule has 1 aliphatic rings. The van der Waals surface area contributed by atoms with Gasteiger partial charge in [-0.15, -0.1) is 0 Å². The first kappa shape index (κ1) is 13.7. The zero-order valence-electron chi connectivity index (χ0n) is 10.8. The highest BCUT2D eigenvalue weighted by atomic mass is 32.1. The summed E-state index contributed by atoms with van der Waals surface area (Å²) in [5, 5.41) is 3.17. The first-order valence-corrected chi connectivity index (χ1v) is 6.86. The fourth-order valence-corrected chi connectivity index (χ4v) is 2.34. The number of carbonyl (C=O) groups excluding carboxylic acids is 1. The molecular weight excluding hydrogens is 260 g/mol. The van der Waals surface area contributed by atoms with Gasteiger partial charge in [0.1, 0.15) is 10.7 Å². The van der Waals surface area contributed by atoms with Crippen molar-refractivity contribution in [2.45, 2.75) is 19.3 Å². The molecule has 5 nitrogen and oxygen atoms in total. The van der Waals surface area contributed by atoms with E-state index in [-0.39, 0.29) is 10.9 Å². The molecule has 2 rings (SSSR count). The number of nitrogens with two attached hydrogens (primary N) is 1. The minimum atomic E-state index is 0.200. The van der Waals surface area contributed by atoms with Gasteiger partial charge in [-0.1, -0.05) is 12.2 Å². The van der Waals surface area contributed by atoms with Crippen LogP contribution < -0.4 is 11.1 Å². The number of thiocarbonyl (C=S) groups is 1. The first-order chi connectivity index (χ1) is 9.18. The molecule has 1 amide bonds. The summed E-state index contributed by atoms with van der Waals surface area (Å²) in [4.78, 5) is 18.2. The second-order valence-corrected chi connectivity index (χ2v) is 4.97. The molecule has 1 aromatic heterocycles. The molecule has 0 radical (unpaired) electrons. The van der Waals surface area contributed by atoms with Crippen LogP contribution in [0.2, 0.25) is 0 Å². The molecule has 0 spiro atoms. The number of hydrogen-bond donors (Lipinski definition) is 2. The Kier molecular flexibility index (Phi) is 4.68. The maximum atomic E-state index is 11.9. The van der Waals surface area contributed by atoms with E-state index in [0.29, 0.717) is 18.7 Å². The van der Waals surface area contributed by atoms with Gasteiger partial charge in [0.2, 0.25) is 5.91 Å². The third kappa shape index (κ3) is 3.64. The van der Waals surface area contributed by atoms with Crippen molar-refractivity contribution < 1.29 is 4.79 Å². The van der Waals surface area contributed by atoms with Crippen molar-refractivity contribution in [1.82, 2.24) is 9.88 Å². The molecule has 0 aliphatic carbocycles. The molecule has 1 aromatic rings. The van der Waals surface area contributed by atoms with Gasteiger partial charge in [-0.05, 0) is 25.0 Å². The second kappa shape index (κ2) is 6.47. The van der Waals surface area contributed by atoms with E-state index in [2.05, 4.69) is 10.3 Å². The van der Waals surface area contributed by atoms with E-state index in [1.54, 1.807) is 6.20 Å². The van der Waals surface area contributed by atoms with Crippen LogP contribution in [0.4, 0.5) is 5.69 Å². The smallest absolute Gasteiger partial charge is 0.224 e. The molecule has 102 valence electrons. The van der Waals surface area contributed by atoms with Crippen LogP contribution in [0.1, 0.15) is 25.0 Å². The first-order valence-electron chi connectivity index (χ1n) is 6.45. The van der Waals surface area contributed by atoms with Crippen LogP contribution in [0.25, 0.3) is 0 Å². The number of carbonyl (C=O) groups is 1. The summed E-state index contributed by atoms with van der Waals surface area (Å²) < 4.78 is 0. The van der Waals surface area contributed by atoms with E-state index in [1.807, 2.05) is 17.0 Å². The molecule has 6 heteroatoms. The van der Waals surface area contributed by atoms with Crippen LogP contribution in [-0.2, 0) is 4.79 Å². The van der Waals surface area contributed by atoms with Crippen LogP contribution in [0, 0.1) is 0 Å². The van der Waals surface area contributed by atoms with Gasteiger partial charge in [-0.2, -0.15) is 0 Å². The third-order valence-electron chi connectivity index (χ3n) is 3.15. The lowest BCUT2D eigenvalue weighted by atomic mass is 10.2. The van der Waals surface area contributed by atoms with Crippen molar-refractivity contribution in [3.8, 4) is 0 Å². The molecule has 1 fully saturated rings. The predicted octanol–water partition coefficient (Wildman–Crippen LogP) is 1.14. The lowest BCUT2D eigenvalue weighted by Crippen LogP contribution is -2.29. The van der Waals surface area contributed by atoms with E-state index in [9.17, 15) is 4.79 Å². The fourth-order valence-electron chi connectivity index (χ4n) is 2.17. The van der Waals surface area contributed by atoms with Crippen molar-refractivity contribution in [3.63, 3.8) is 0 Å². The van der Waals surface area contributed by atoms with Gasteiger partial charge < -0.3 is 16.0 Å². The molecule has 0 aromatic carbocycles. The third-order valence-corrected chi connectivity index (χ3v) is 3.35. The molecule has 19 heavy (non-hydrogen) atoms. The van der Waals surface area contributed by atoms with Crippen LogP contribution in [0.15, 0.2) is 18.3 Å². The number of pyridine rings is 1. The summed E-state index contributed by atoms with van der Waals surface area (Å²) >= 11 is 4.94. The number of nitrogens with zero attached hydrogens (tertiary/aromatic N) is 2. The molecule has 1 aliphatic heterocycles. The van der Waals surface area contributed by atoms with Gasteiger partial charge in [-0.25, -0.2) is 0 Å². The van der Waals surface area contributed by atoms with Crippen molar-refractivity contribution >= 4 is 28.8 Å². The SMILES string of the molecule is NC(=S)c1ncccc1NCCC(=O)N1CCCC1. The molecule has 0 saturated carbocycles. The van der Waals surface area contributed by atoms with Gasteiger partial charge in [0.15, 0.2) is 0 Å². The molecule has 3 N–H and O–H groups in total. The summed E-state index contributed by atoms with van der Waals surface area (Å²) in [6.45, 7) is 2.35. The second-order valence-electron chi connectivity index (χ2n) is 4.53. The average Bonchev–Trinajstić information content (AvgIpc) is 2.93. The Bertz CT molecular complexity index is 471. The quantitative estimate of drug-likeness (QED) is 0.790. The van der Waals surface area contributed by atoms with Crippen molar-refractivity contribution in [3.05, 3.63) is 24.0 Å². The lowest BCUT2D eigenvalue weighted by molar-refractivity contribution is -0.129. The van der Waals surface area contributed by atoms with Gasteiger partial charge in [0.25, 0.3) is 0 Å². The zero-order valence-corrected chi connectivity index (χ0v) is 11.6. The van der Waals surface area contributed by atoms with Gasteiger partial charge in [0, 0.05) is 32.3 Å². The van der Waals surface area contributed by atoms with E-state index in [1.165, 1.54) is 0 Å². The predicted molar refractivity (Wildman–Crippen MR) is 79.0 cm³/mol. The van der Waals surface area contributed by atoms with Crippen LogP contribution in [0.3, 0.4) is 0 Å². The van der Waals surface area contributed by atoms with Gasteiger partial charge >= 0.3 is 0 Å². The van der Waals surface area contributed by atoms with Crippen molar-refractivity contribution in [2.75, 3.05) is 25.0 Å². The maximum Gasteiger partial charge on any atom is 0.224 e. The van der Waals surface area contributed by atoms with Crippen LogP contribution >= 0.6 is 12.2 Å². The number of rotatable bonds is 5. The fraction of sp³-hybridized carbons (Fsp3) is 0.462. The monoisotopic (exact) mass is 278 g/mol. The van der Waals surface area contributed by atoms with Crippen LogP contribution in [-0.4, -0.2) is 40.4 Å². The number of hydrogen-bond acceptors (Lipinski definition) is 4. The van der Waals surface area contributed by atoms with E-state index < -0.39 is 0 Å². The minimum absolute atomic E-state index is 0.200. The molecular formula is C13H18N4OS. The topological polar surface area (TPSA) is 71.2 Å². The Morgan fingerprint density at radius 1 is 1.47 bits per heavy atom. The Morgan fingerprint density at radius 3 is 2.89 bits per heavy atom. The number of aromatic nitrogens is 1. The number of nitrogens with one attached hydrogen (secondary N) is 1. The molecule has 0 atom stereocenters. The summed E-state index contributed by atoms with van der Waals surface area (Å²) in [7, 11) is 0. The highest BCUT2D eigenvalue weighted by Gasteiger charge is 2.17. The van der Waals surface area contributed by atoms with Crippen LogP contribution in [0.5, 0.6) is 0 Å². The largest absolute Gasteiger partial charge is 0.388 e. The van der Waals surface area contributed by atoms with E-state index >= 15 is 0 Å². The Morgan fingerprint density at radius 2 is 2.21 bits per heavy atom. The summed E-state index contributed by atoms with van der Waals surface area (Å²) in [6, 6.07) is 3.67.